The van der Waals surface area contributed by atoms with Crippen molar-refractivity contribution in [2.24, 2.45) is 4.99 Å². The number of rotatable bonds is 8. The Balaban J connectivity index is 1.66. The van der Waals surface area contributed by atoms with Crippen molar-refractivity contribution in [1.82, 2.24) is 4.57 Å². The normalized spacial score (nSPS) is 14.7. The summed E-state index contributed by atoms with van der Waals surface area (Å²) in [6.45, 7) is 5.21. The Kier molecular flexibility index (Phi) is 8.38. The van der Waals surface area contributed by atoms with Gasteiger partial charge in [0.15, 0.2) is 16.3 Å². The lowest BCUT2D eigenvalue weighted by Gasteiger charge is -2.26. The van der Waals surface area contributed by atoms with Gasteiger partial charge in [0.25, 0.3) is 11.2 Å². The highest BCUT2D eigenvalue weighted by Crippen LogP contribution is 2.41. The fraction of sp³-hybridized carbons (Fsp3) is 0.233. The molecule has 2 aromatic carbocycles. The molecule has 0 saturated carbocycles. The Morgan fingerprint density at radius 2 is 1.88 bits per heavy atom. The van der Waals surface area contributed by atoms with Gasteiger partial charge in [0.05, 0.1) is 47.6 Å². The van der Waals surface area contributed by atoms with E-state index in [2.05, 4.69) is 20.9 Å². The minimum atomic E-state index is -0.882. The average molecular weight is 669 g/mol. The SMILES string of the molecule is CCOC(=O)C1=C(C)N=c2s/c(=C\c3ccc(-c4ccc(C)c([N+](=O)[O-])c4)o3)c(=O)n2C1c1cc(OC)c(OC)cc1Br. The molecule has 3 heterocycles. The van der Waals surface area contributed by atoms with Crippen molar-refractivity contribution in [1.29, 1.82) is 0 Å². The van der Waals surface area contributed by atoms with Crippen molar-refractivity contribution in [2.75, 3.05) is 20.8 Å². The lowest BCUT2D eigenvalue weighted by atomic mass is 9.95. The van der Waals surface area contributed by atoms with Crippen molar-refractivity contribution >= 4 is 45.0 Å². The van der Waals surface area contributed by atoms with Crippen LogP contribution in [-0.2, 0) is 9.53 Å². The molecule has 11 nitrogen and oxygen atoms in total. The van der Waals surface area contributed by atoms with Gasteiger partial charge in [0, 0.05) is 27.7 Å². The summed E-state index contributed by atoms with van der Waals surface area (Å²) in [6, 6.07) is 10.7. The van der Waals surface area contributed by atoms with E-state index in [1.54, 1.807) is 63.2 Å². The van der Waals surface area contributed by atoms with Gasteiger partial charge < -0.3 is 18.6 Å². The molecular weight excluding hydrogens is 642 g/mol. The number of nitro benzene ring substituents is 1. The number of nitro groups is 1. The zero-order valence-electron chi connectivity index (χ0n) is 23.8. The second-order valence-electron chi connectivity index (χ2n) is 9.49. The summed E-state index contributed by atoms with van der Waals surface area (Å²) in [4.78, 5) is 43.2. The molecule has 0 radical (unpaired) electrons. The average Bonchev–Trinajstić information content (AvgIpc) is 3.56. The van der Waals surface area contributed by atoms with Gasteiger partial charge in [-0.1, -0.05) is 39.4 Å². The molecule has 1 atom stereocenters. The van der Waals surface area contributed by atoms with Gasteiger partial charge in [0.2, 0.25) is 0 Å². The monoisotopic (exact) mass is 667 g/mol. The molecule has 0 bridgehead atoms. The summed E-state index contributed by atoms with van der Waals surface area (Å²) >= 11 is 4.73. The number of fused-ring (bicyclic) bond motifs is 1. The summed E-state index contributed by atoms with van der Waals surface area (Å²) in [5, 5.41) is 11.4. The predicted octanol–water partition coefficient (Wildman–Crippen LogP) is 5.05. The molecule has 1 unspecified atom stereocenters. The van der Waals surface area contributed by atoms with Crippen LogP contribution >= 0.6 is 27.3 Å². The maximum atomic E-state index is 14.0. The molecule has 5 rings (SSSR count). The standard InChI is InChI=1S/C30H26BrN3O8S/c1-6-41-29(36)26-16(3)32-30-33(27(26)19-13-23(39-4)24(40-5)14-20(19)31)28(35)25(43-30)12-18-9-10-22(42-18)17-8-7-15(2)21(11-17)34(37)38/h7-14,27H,6H2,1-5H3/b25-12-. The third-order valence-corrected chi connectivity index (χ3v) is 8.57. The third kappa shape index (κ3) is 5.53. The van der Waals surface area contributed by atoms with Crippen LogP contribution in [0.25, 0.3) is 17.4 Å². The Labute approximate surface area is 257 Å². The molecule has 222 valence electrons. The van der Waals surface area contributed by atoms with Gasteiger partial charge in [-0.15, -0.1) is 0 Å². The molecule has 1 aliphatic rings. The van der Waals surface area contributed by atoms with Gasteiger partial charge in [-0.2, -0.15) is 0 Å². The van der Waals surface area contributed by atoms with Crippen LogP contribution in [0.1, 0.15) is 36.8 Å². The summed E-state index contributed by atoms with van der Waals surface area (Å²) < 4.78 is 24.6. The molecule has 4 aromatic rings. The second-order valence-corrected chi connectivity index (χ2v) is 11.4. The van der Waals surface area contributed by atoms with E-state index in [9.17, 15) is 19.7 Å². The van der Waals surface area contributed by atoms with Crippen LogP contribution in [0.3, 0.4) is 0 Å². The van der Waals surface area contributed by atoms with Gasteiger partial charge >= 0.3 is 5.97 Å². The Bertz CT molecular complexity index is 1990. The number of carbonyl (C=O) groups excluding carboxylic acids is 1. The van der Waals surface area contributed by atoms with Crippen LogP contribution in [0.2, 0.25) is 0 Å². The molecule has 1 aliphatic heterocycles. The molecule has 0 amide bonds. The van der Waals surface area contributed by atoms with Crippen molar-refractivity contribution < 1.29 is 28.3 Å². The Morgan fingerprint density at radius 3 is 2.56 bits per heavy atom. The highest BCUT2D eigenvalue weighted by molar-refractivity contribution is 9.10. The van der Waals surface area contributed by atoms with Crippen LogP contribution in [0.4, 0.5) is 5.69 Å². The third-order valence-electron chi connectivity index (χ3n) is 6.90. The number of hydrogen-bond acceptors (Lipinski definition) is 10. The molecule has 0 fully saturated rings. The van der Waals surface area contributed by atoms with Crippen LogP contribution < -0.4 is 24.4 Å². The van der Waals surface area contributed by atoms with E-state index >= 15 is 0 Å². The first-order valence-corrected chi connectivity index (χ1v) is 14.6. The maximum Gasteiger partial charge on any atom is 0.338 e. The summed E-state index contributed by atoms with van der Waals surface area (Å²) in [6.07, 6.45) is 1.58. The molecular formula is C30H26BrN3O8S. The van der Waals surface area contributed by atoms with E-state index in [1.165, 1.54) is 24.9 Å². The van der Waals surface area contributed by atoms with Gasteiger partial charge in [-0.05, 0) is 50.6 Å². The van der Waals surface area contributed by atoms with Gasteiger partial charge in [-0.3, -0.25) is 19.5 Å². The van der Waals surface area contributed by atoms with Crippen LogP contribution in [0, 0.1) is 17.0 Å². The van der Waals surface area contributed by atoms with Crippen LogP contribution in [0.5, 0.6) is 11.5 Å². The Hall–Kier alpha value is -4.49. The zero-order chi connectivity index (χ0) is 31.0. The van der Waals surface area contributed by atoms with Crippen molar-refractivity contribution in [3.8, 4) is 22.8 Å². The van der Waals surface area contributed by atoms with Gasteiger partial charge in [-0.25, -0.2) is 9.79 Å². The lowest BCUT2D eigenvalue weighted by Crippen LogP contribution is -2.40. The number of ether oxygens (including phenoxy) is 3. The molecule has 2 aromatic heterocycles. The largest absolute Gasteiger partial charge is 0.493 e. The number of benzene rings is 2. The number of methoxy groups -OCH3 is 2. The smallest absolute Gasteiger partial charge is 0.338 e. The minimum absolute atomic E-state index is 0.0159. The predicted molar refractivity (Wildman–Crippen MR) is 163 cm³/mol. The minimum Gasteiger partial charge on any atom is -0.493 e. The second kappa shape index (κ2) is 12.0. The van der Waals surface area contributed by atoms with E-state index in [-0.39, 0.29) is 17.9 Å². The fourth-order valence-electron chi connectivity index (χ4n) is 4.84. The number of halogens is 1. The molecule has 0 N–H and O–H groups in total. The number of aromatic nitrogens is 1. The fourth-order valence-corrected chi connectivity index (χ4v) is 6.41. The van der Waals surface area contributed by atoms with Gasteiger partial charge in [0.1, 0.15) is 11.5 Å². The van der Waals surface area contributed by atoms with E-state index in [0.717, 1.165) is 11.3 Å². The molecule has 0 aliphatic carbocycles. The quantitative estimate of drug-likeness (QED) is 0.145. The first kappa shape index (κ1) is 30.0. The van der Waals surface area contributed by atoms with E-state index in [4.69, 9.17) is 18.6 Å². The van der Waals surface area contributed by atoms with Crippen molar-refractivity contribution in [2.45, 2.75) is 26.8 Å². The first-order chi connectivity index (χ1) is 20.6. The zero-order valence-corrected chi connectivity index (χ0v) is 26.2. The molecule has 0 saturated heterocycles. The van der Waals surface area contributed by atoms with E-state index in [0.29, 0.717) is 59.2 Å². The topological polar surface area (TPSA) is 135 Å². The van der Waals surface area contributed by atoms with Crippen molar-refractivity contribution in [3.63, 3.8) is 0 Å². The number of aryl methyl sites for hydroxylation is 1. The maximum absolute atomic E-state index is 14.0. The summed E-state index contributed by atoms with van der Waals surface area (Å²) in [7, 11) is 3.02. The molecule has 13 heteroatoms. The number of thiazole rings is 1. The number of esters is 1. The summed E-state index contributed by atoms with van der Waals surface area (Å²) in [5.74, 6) is 1.08. The highest BCUT2D eigenvalue weighted by Gasteiger charge is 2.35. The number of allylic oxidation sites excluding steroid dienone is 1. The summed E-state index contributed by atoms with van der Waals surface area (Å²) in [5.41, 5.74) is 1.87. The number of hydrogen-bond donors (Lipinski definition) is 0. The lowest BCUT2D eigenvalue weighted by molar-refractivity contribution is -0.385. The Morgan fingerprint density at radius 1 is 1.16 bits per heavy atom. The number of nitrogens with zero attached hydrogens (tertiary/aromatic N) is 3. The number of carbonyl (C=O) groups is 1. The highest BCUT2D eigenvalue weighted by atomic mass is 79.9. The van der Waals surface area contributed by atoms with E-state index < -0.39 is 22.5 Å². The first-order valence-electron chi connectivity index (χ1n) is 13.0. The van der Waals surface area contributed by atoms with Crippen LogP contribution in [0.15, 0.2) is 72.4 Å². The number of furan rings is 1. The van der Waals surface area contributed by atoms with Crippen LogP contribution in [-0.4, -0.2) is 36.3 Å². The van der Waals surface area contributed by atoms with E-state index in [1.807, 2.05) is 0 Å². The molecule has 0 spiro atoms. The van der Waals surface area contributed by atoms with Crippen molar-refractivity contribution in [3.05, 3.63) is 105 Å². The molecule has 43 heavy (non-hydrogen) atoms.